The van der Waals surface area contributed by atoms with Gasteiger partial charge in [-0.15, -0.1) is 12.4 Å². The minimum absolute atomic E-state index is 0. The Balaban J connectivity index is 0.000000845. The molecular weight excluding hydrogens is 190 g/mol. The van der Waals surface area contributed by atoms with Gasteiger partial charge in [-0.3, -0.25) is 9.89 Å². The molecule has 0 aliphatic heterocycles. The van der Waals surface area contributed by atoms with Gasteiger partial charge in [-0.1, -0.05) is 0 Å². The summed E-state index contributed by atoms with van der Waals surface area (Å²) in [4.78, 5) is 10.8. The van der Waals surface area contributed by atoms with Crippen molar-refractivity contribution in [2.75, 3.05) is 0 Å². The number of amides is 1. The van der Waals surface area contributed by atoms with Crippen molar-refractivity contribution in [2.24, 2.45) is 5.73 Å². The van der Waals surface area contributed by atoms with Crippen LogP contribution >= 0.6 is 12.4 Å². The number of hydrogen-bond acceptors (Lipinski definition) is 2. The fourth-order valence-corrected chi connectivity index (χ4v) is 1.10. The molecule has 1 amide bonds. The van der Waals surface area contributed by atoms with Crippen LogP contribution in [0.1, 0.15) is 10.4 Å². The van der Waals surface area contributed by atoms with Crippen LogP contribution in [0.2, 0.25) is 0 Å². The first-order chi connectivity index (χ1) is 5.77. The number of fused-ring (bicyclic) bond motifs is 1. The molecule has 0 aliphatic rings. The number of rotatable bonds is 1. The summed E-state index contributed by atoms with van der Waals surface area (Å²) in [7, 11) is 0. The maximum Gasteiger partial charge on any atom is 0.248 e. The van der Waals surface area contributed by atoms with Gasteiger partial charge in [0.15, 0.2) is 0 Å². The fourth-order valence-electron chi connectivity index (χ4n) is 1.10. The third-order valence-electron chi connectivity index (χ3n) is 1.72. The van der Waals surface area contributed by atoms with E-state index in [1.807, 2.05) is 0 Å². The lowest BCUT2D eigenvalue weighted by Gasteiger charge is -1.92. The van der Waals surface area contributed by atoms with E-state index in [4.69, 9.17) is 5.73 Å². The number of nitrogens with two attached hydrogens (primary N) is 1. The molecule has 0 fully saturated rings. The van der Waals surface area contributed by atoms with Gasteiger partial charge in [-0.25, -0.2) is 0 Å². The minimum atomic E-state index is -0.418. The van der Waals surface area contributed by atoms with E-state index in [1.54, 1.807) is 24.4 Å². The van der Waals surface area contributed by atoms with Gasteiger partial charge in [0.25, 0.3) is 0 Å². The number of carbonyl (C=O) groups is 1. The second kappa shape index (κ2) is 3.45. The molecule has 2 rings (SSSR count). The average molecular weight is 198 g/mol. The Kier molecular flexibility index (Phi) is 2.53. The van der Waals surface area contributed by atoms with E-state index in [2.05, 4.69) is 10.2 Å². The average Bonchev–Trinajstić information content (AvgIpc) is 2.49. The zero-order valence-electron chi connectivity index (χ0n) is 6.65. The molecular formula is C8H8ClN3O. The molecule has 1 heterocycles. The molecule has 0 saturated carbocycles. The first-order valence-corrected chi connectivity index (χ1v) is 3.51. The Hall–Kier alpha value is -1.55. The Labute approximate surface area is 80.5 Å². The third-order valence-corrected chi connectivity index (χ3v) is 1.72. The van der Waals surface area contributed by atoms with Crippen molar-refractivity contribution >= 4 is 29.2 Å². The molecule has 68 valence electrons. The van der Waals surface area contributed by atoms with Crippen LogP contribution in [-0.2, 0) is 0 Å². The topological polar surface area (TPSA) is 71.8 Å². The van der Waals surface area contributed by atoms with Gasteiger partial charge in [-0.2, -0.15) is 5.10 Å². The van der Waals surface area contributed by atoms with Crippen LogP contribution in [0.4, 0.5) is 0 Å². The number of nitrogens with one attached hydrogen (secondary N) is 1. The summed E-state index contributed by atoms with van der Waals surface area (Å²) in [5.41, 5.74) is 6.44. The summed E-state index contributed by atoms with van der Waals surface area (Å²) in [5, 5.41) is 7.54. The predicted molar refractivity (Wildman–Crippen MR) is 51.9 cm³/mol. The first kappa shape index (κ1) is 9.54. The van der Waals surface area contributed by atoms with Crippen molar-refractivity contribution in [3.63, 3.8) is 0 Å². The molecule has 0 spiro atoms. The van der Waals surface area contributed by atoms with E-state index in [1.165, 1.54) is 0 Å². The lowest BCUT2D eigenvalue weighted by Crippen LogP contribution is -2.10. The minimum Gasteiger partial charge on any atom is -0.366 e. The second-order valence-corrected chi connectivity index (χ2v) is 2.52. The summed E-state index contributed by atoms with van der Waals surface area (Å²) >= 11 is 0. The van der Waals surface area contributed by atoms with E-state index in [0.717, 1.165) is 10.9 Å². The highest BCUT2D eigenvalue weighted by atomic mass is 35.5. The third kappa shape index (κ3) is 1.62. The Bertz CT molecular complexity index is 438. The van der Waals surface area contributed by atoms with Gasteiger partial charge in [0.2, 0.25) is 5.91 Å². The molecule has 1 aromatic carbocycles. The number of hydrogen-bond donors (Lipinski definition) is 2. The Morgan fingerprint density at radius 1 is 1.46 bits per heavy atom. The van der Waals surface area contributed by atoms with Gasteiger partial charge in [0, 0.05) is 17.1 Å². The summed E-state index contributed by atoms with van der Waals surface area (Å²) in [6.45, 7) is 0. The van der Waals surface area contributed by atoms with Crippen molar-refractivity contribution in [3.05, 3.63) is 30.0 Å². The molecule has 0 radical (unpaired) electrons. The highest BCUT2D eigenvalue weighted by Gasteiger charge is 2.01. The van der Waals surface area contributed by atoms with Crippen molar-refractivity contribution in [1.29, 1.82) is 0 Å². The maximum absolute atomic E-state index is 10.8. The standard InChI is InChI=1S/C8H7N3O.ClH/c9-8(12)5-1-2-7-6(3-5)4-10-11-7;/h1-4H,(H2,9,12)(H,10,11);1H. The summed E-state index contributed by atoms with van der Waals surface area (Å²) < 4.78 is 0. The molecule has 0 atom stereocenters. The maximum atomic E-state index is 10.8. The van der Waals surface area contributed by atoms with Crippen molar-refractivity contribution < 1.29 is 4.79 Å². The number of nitrogens with zero attached hydrogens (tertiary/aromatic N) is 1. The highest BCUT2D eigenvalue weighted by molar-refractivity contribution is 5.96. The smallest absolute Gasteiger partial charge is 0.248 e. The fraction of sp³-hybridized carbons (Fsp3) is 0. The molecule has 2 aromatic rings. The molecule has 4 nitrogen and oxygen atoms in total. The predicted octanol–water partition coefficient (Wildman–Crippen LogP) is 1.08. The molecule has 13 heavy (non-hydrogen) atoms. The largest absolute Gasteiger partial charge is 0.366 e. The molecule has 0 aliphatic carbocycles. The monoisotopic (exact) mass is 197 g/mol. The SMILES string of the molecule is Cl.NC(=O)c1ccc2n[nH]cc2c1. The summed E-state index contributed by atoms with van der Waals surface area (Å²) in [6, 6.07) is 5.12. The van der Waals surface area contributed by atoms with Gasteiger partial charge in [-0.05, 0) is 18.2 Å². The normalized spacial score (nSPS) is 9.54. The number of aromatic nitrogens is 2. The van der Waals surface area contributed by atoms with Crippen LogP contribution < -0.4 is 5.73 Å². The molecule has 5 heteroatoms. The van der Waals surface area contributed by atoms with Crippen LogP contribution in [0.5, 0.6) is 0 Å². The number of carbonyl (C=O) groups excluding carboxylic acids is 1. The van der Waals surface area contributed by atoms with Crippen LogP contribution in [0.15, 0.2) is 24.4 Å². The van der Waals surface area contributed by atoms with Crippen LogP contribution in [0.3, 0.4) is 0 Å². The number of halogens is 1. The summed E-state index contributed by atoms with van der Waals surface area (Å²) in [6.07, 6.45) is 1.72. The van der Waals surface area contributed by atoms with Crippen molar-refractivity contribution in [3.8, 4) is 0 Å². The lowest BCUT2D eigenvalue weighted by molar-refractivity contribution is 0.100. The van der Waals surface area contributed by atoms with Crippen molar-refractivity contribution in [2.45, 2.75) is 0 Å². The Morgan fingerprint density at radius 3 is 2.92 bits per heavy atom. The van der Waals surface area contributed by atoms with E-state index in [-0.39, 0.29) is 12.4 Å². The quantitative estimate of drug-likeness (QED) is 0.718. The van der Waals surface area contributed by atoms with Crippen LogP contribution in [-0.4, -0.2) is 16.1 Å². The first-order valence-electron chi connectivity index (χ1n) is 3.51. The number of benzene rings is 1. The van der Waals surface area contributed by atoms with Crippen LogP contribution in [0, 0.1) is 0 Å². The summed E-state index contributed by atoms with van der Waals surface area (Å²) in [5.74, 6) is -0.418. The number of aromatic amines is 1. The van der Waals surface area contributed by atoms with Gasteiger partial charge < -0.3 is 5.73 Å². The van der Waals surface area contributed by atoms with Crippen LogP contribution in [0.25, 0.3) is 10.9 Å². The van der Waals surface area contributed by atoms with Gasteiger partial charge >= 0.3 is 0 Å². The molecule has 0 saturated heterocycles. The van der Waals surface area contributed by atoms with E-state index in [9.17, 15) is 4.79 Å². The Morgan fingerprint density at radius 2 is 2.23 bits per heavy atom. The zero-order valence-corrected chi connectivity index (χ0v) is 7.47. The van der Waals surface area contributed by atoms with Gasteiger partial charge in [0.05, 0.1) is 5.52 Å². The second-order valence-electron chi connectivity index (χ2n) is 2.52. The molecule has 0 bridgehead atoms. The van der Waals surface area contributed by atoms with E-state index < -0.39 is 5.91 Å². The molecule has 1 aromatic heterocycles. The number of primary amides is 1. The zero-order chi connectivity index (χ0) is 8.55. The molecule has 0 unspecified atom stereocenters. The van der Waals surface area contributed by atoms with Gasteiger partial charge in [0.1, 0.15) is 0 Å². The van der Waals surface area contributed by atoms with E-state index >= 15 is 0 Å². The number of H-pyrrole nitrogens is 1. The lowest BCUT2D eigenvalue weighted by atomic mass is 10.1. The molecule has 3 N–H and O–H groups in total. The van der Waals surface area contributed by atoms with E-state index in [0.29, 0.717) is 5.56 Å². The highest BCUT2D eigenvalue weighted by Crippen LogP contribution is 2.11. The van der Waals surface area contributed by atoms with Crippen molar-refractivity contribution in [1.82, 2.24) is 10.2 Å².